The molecule has 1 aliphatic rings. The van der Waals surface area contributed by atoms with E-state index in [4.69, 9.17) is 0 Å². The van der Waals surface area contributed by atoms with Gasteiger partial charge in [-0.15, -0.1) is 0 Å². The van der Waals surface area contributed by atoms with Gasteiger partial charge in [0.15, 0.2) is 0 Å². The molecule has 0 unspecified atom stereocenters. The summed E-state index contributed by atoms with van der Waals surface area (Å²) in [6.45, 7) is 3.35. The Kier molecular flexibility index (Phi) is 3.84. The first-order valence-electron chi connectivity index (χ1n) is 7.94. The van der Waals surface area contributed by atoms with E-state index < -0.39 is 0 Å². The number of hydrogen-bond acceptors (Lipinski definition) is 2. The molecule has 0 atom stereocenters. The number of benzene rings is 2. The molecular formula is C19H22N2. The molecule has 1 fully saturated rings. The van der Waals surface area contributed by atoms with Crippen LogP contribution >= 0.6 is 0 Å². The standard InChI is InChI=1S/C19H22N2/c1-2-19(11-5-6-12-19)14-21-18-10-9-15(13-20)16-7-3-4-8-17(16)18/h3-4,7-10,21H,2,5-6,11-12,14H2,1H3. The lowest BCUT2D eigenvalue weighted by Gasteiger charge is -2.28. The van der Waals surface area contributed by atoms with Gasteiger partial charge < -0.3 is 5.32 Å². The summed E-state index contributed by atoms with van der Waals surface area (Å²) in [5.74, 6) is 0. The highest BCUT2D eigenvalue weighted by Gasteiger charge is 2.31. The van der Waals surface area contributed by atoms with E-state index in [1.54, 1.807) is 0 Å². The third-order valence-corrected chi connectivity index (χ3v) is 5.11. The zero-order valence-electron chi connectivity index (χ0n) is 12.7. The van der Waals surface area contributed by atoms with Gasteiger partial charge in [0.1, 0.15) is 0 Å². The highest BCUT2D eigenvalue weighted by atomic mass is 14.9. The lowest BCUT2D eigenvalue weighted by atomic mass is 9.83. The van der Waals surface area contributed by atoms with Crippen LogP contribution in [0.15, 0.2) is 36.4 Å². The van der Waals surface area contributed by atoms with E-state index in [0.717, 1.165) is 28.6 Å². The maximum absolute atomic E-state index is 9.24. The van der Waals surface area contributed by atoms with Gasteiger partial charge in [0.25, 0.3) is 0 Å². The van der Waals surface area contributed by atoms with E-state index in [1.807, 2.05) is 24.3 Å². The summed E-state index contributed by atoms with van der Waals surface area (Å²) in [6, 6.07) is 14.4. The second kappa shape index (κ2) is 5.77. The lowest BCUT2D eigenvalue weighted by molar-refractivity contribution is 0.307. The summed E-state index contributed by atoms with van der Waals surface area (Å²) in [4.78, 5) is 0. The van der Waals surface area contributed by atoms with E-state index >= 15 is 0 Å². The van der Waals surface area contributed by atoms with Crippen LogP contribution < -0.4 is 5.32 Å². The molecule has 1 N–H and O–H groups in total. The molecule has 0 radical (unpaired) electrons. The topological polar surface area (TPSA) is 35.8 Å². The number of rotatable bonds is 4. The van der Waals surface area contributed by atoms with Crippen molar-refractivity contribution in [3.63, 3.8) is 0 Å². The number of anilines is 1. The molecule has 0 aliphatic heterocycles. The molecule has 3 rings (SSSR count). The monoisotopic (exact) mass is 278 g/mol. The predicted octanol–water partition coefficient (Wildman–Crippen LogP) is 5.09. The van der Waals surface area contributed by atoms with Crippen molar-refractivity contribution in [1.29, 1.82) is 5.26 Å². The molecule has 0 aromatic heterocycles. The Morgan fingerprint density at radius 2 is 1.81 bits per heavy atom. The molecule has 21 heavy (non-hydrogen) atoms. The second-order valence-electron chi connectivity index (χ2n) is 6.23. The lowest BCUT2D eigenvalue weighted by Crippen LogP contribution is -2.25. The summed E-state index contributed by atoms with van der Waals surface area (Å²) < 4.78 is 0. The minimum atomic E-state index is 0.467. The minimum Gasteiger partial charge on any atom is -0.384 e. The number of fused-ring (bicyclic) bond motifs is 1. The third kappa shape index (κ3) is 2.61. The van der Waals surface area contributed by atoms with E-state index in [2.05, 4.69) is 30.4 Å². The molecule has 0 bridgehead atoms. The van der Waals surface area contributed by atoms with Crippen molar-refractivity contribution in [2.24, 2.45) is 5.41 Å². The summed E-state index contributed by atoms with van der Waals surface area (Å²) in [5.41, 5.74) is 2.38. The van der Waals surface area contributed by atoms with Crippen molar-refractivity contribution in [1.82, 2.24) is 0 Å². The Labute approximate surface area is 126 Å². The molecule has 1 aliphatic carbocycles. The number of nitriles is 1. The zero-order valence-corrected chi connectivity index (χ0v) is 12.7. The van der Waals surface area contributed by atoms with Gasteiger partial charge in [-0.25, -0.2) is 0 Å². The van der Waals surface area contributed by atoms with E-state index in [0.29, 0.717) is 5.41 Å². The van der Waals surface area contributed by atoms with Crippen LogP contribution in [0, 0.1) is 16.7 Å². The molecule has 1 saturated carbocycles. The fraction of sp³-hybridized carbons (Fsp3) is 0.421. The van der Waals surface area contributed by atoms with Gasteiger partial charge in [-0.3, -0.25) is 0 Å². The Balaban J connectivity index is 1.90. The van der Waals surface area contributed by atoms with Crippen LogP contribution in [0.5, 0.6) is 0 Å². The molecule has 2 aromatic carbocycles. The van der Waals surface area contributed by atoms with Gasteiger partial charge in [0, 0.05) is 23.0 Å². The molecule has 2 heteroatoms. The van der Waals surface area contributed by atoms with Gasteiger partial charge in [-0.05, 0) is 36.8 Å². The molecule has 0 spiro atoms. The van der Waals surface area contributed by atoms with Gasteiger partial charge >= 0.3 is 0 Å². The average molecular weight is 278 g/mol. The maximum atomic E-state index is 9.24. The summed E-state index contributed by atoms with van der Waals surface area (Å²) in [6.07, 6.45) is 6.65. The van der Waals surface area contributed by atoms with E-state index in [1.165, 1.54) is 32.1 Å². The first-order chi connectivity index (χ1) is 10.3. The first kappa shape index (κ1) is 13.9. The Hall–Kier alpha value is -2.01. The molecule has 0 heterocycles. The van der Waals surface area contributed by atoms with Crippen LogP contribution in [0.3, 0.4) is 0 Å². The molecule has 108 valence electrons. The largest absolute Gasteiger partial charge is 0.384 e. The van der Waals surface area contributed by atoms with Crippen LogP contribution in [-0.2, 0) is 0 Å². The Morgan fingerprint density at radius 3 is 2.48 bits per heavy atom. The second-order valence-corrected chi connectivity index (χ2v) is 6.23. The Morgan fingerprint density at radius 1 is 1.10 bits per heavy atom. The van der Waals surface area contributed by atoms with Gasteiger partial charge in [-0.2, -0.15) is 5.26 Å². The highest BCUT2D eigenvalue weighted by molar-refractivity contribution is 5.97. The first-order valence-corrected chi connectivity index (χ1v) is 7.94. The Bertz CT molecular complexity index is 676. The summed E-state index contributed by atoms with van der Waals surface area (Å²) in [5, 5.41) is 15.1. The van der Waals surface area contributed by atoms with Gasteiger partial charge in [-0.1, -0.05) is 44.0 Å². The number of nitrogens with one attached hydrogen (secondary N) is 1. The maximum Gasteiger partial charge on any atom is 0.0998 e. The van der Waals surface area contributed by atoms with Crippen LogP contribution in [0.2, 0.25) is 0 Å². The molecule has 2 aromatic rings. The molecule has 2 nitrogen and oxygen atoms in total. The van der Waals surface area contributed by atoms with Crippen molar-refractivity contribution >= 4 is 16.5 Å². The molecule has 0 amide bonds. The fourth-order valence-electron chi connectivity index (χ4n) is 3.61. The smallest absolute Gasteiger partial charge is 0.0998 e. The minimum absolute atomic E-state index is 0.467. The van der Waals surface area contributed by atoms with Crippen molar-refractivity contribution in [3.8, 4) is 6.07 Å². The van der Waals surface area contributed by atoms with Crippen molar-refractivity contribution in [3.05, 3.63) is 42.0 Å². The van der Waals surface area contributed by atoms with Crippen molar-refractivity contribution in [2.45, 2.75) is 39.0 Å². The van der Waals surface area contributed by atoms with Gasteiger partial charge in [0.2, 0.25) is 0 Å². The molecule has 0 saturated heterocycles. The van der Waals surface area contributed by atoms with Crippen LogP contribution in [0.4, 0.5) is 5.69 Å². The van der Waals surface area contributed by atoms with Crippen LogP contribution in [0.25, 0.3) is 10.8 Å². The predicted molar refractivity (Wildman–Crippen MR) is 88.3 cm³/mol. The quantitative estimate of drug-likeness (QED) is 0.845. The average Bonchev–Trinajstić information content (AvgIpc) is 3.02. The van der Waals surface area contributed by atoms with E-state index in [9.17, 15) is 5.26 Å². The van der Waals surface area contributed by atoms with Crippen LogP contribution in [-0.4, -0.2) is 6.54 Å². The normalized spacial score (nSPS) is 16.8. The SMILES string of the molecule is CCC1(CNc2ccc(C#N)c3ccccc23)CCCC1. The highest BCUT2D eigenvalue weighted by Crippen LogP contribution is 2.41. The summed E-state index contributed by atoms with van der Waals surface area (Å²) >= 11 is 0. The summed E-state index contributed by atoms with van der Waals surface area (Å²) in [7, 11) is 0. The zero-order chi connectivity index (χ0) is 14.7. The molecular weight excluding hydrogens is 256 g/mol. The van der Waals surface area contributed by atoms with E-state index in [-0.39, 0.29) is 0 Å². The van der Waals surface area contributed by atoms with Crippen molar-refractivity contribution < 1.29 is 0 Å². The fourth-order valence-corrected chi connectivity index (χ4v) is 3.61. The van der Waals surface area contributed by atoms with Crippen molar-refractivity contribution in [2.75, 3.05) is 11.9 Å². The number of nitrogens with zero attached hydrogens (tertiary/aromatic N) is 1. The third-order valence-electron chi connectivity index (χ3n) is 5.11. The number of hydrogen-bond donors (Lipinski definition) is 1. The van der Waals surface area contributed by atoms with Crippen LogP contribution in [0.1, 0.15) is 44.6 Å². The van der Waals surface area contributed by atoms with Gasteiger partial charge in [0.05, 0.1) is 11.6 Å².